The van der Waals surface area contributed by atoms with Gasteiger partial charge in [-0.2, -0.15) is 0 Å². The fraction of sp³-hybridized carbons (Fsp3) is 0.333. The van der Waals surface area contributed by atoms with Gasteiger partial charge < -0.3 is 5.11 Å². The third kappa shape index (κ3) is 0.677. The maximum absolute atomic E-state index is 8.46. The number of aromatic nitrogens is 3. The summed E-state index contributed by atoms with van der Waals surface area (Å²) in [6, 6.07) is 0. The van der Waals surface area contributed by atoms with Crippen LogP contribution in [0.25, 0.3) is 0 Å². The van der Waals surface area contributed by atoms with Gasteiger partial charge in [0.05, 0.1) is 6.20 Å². The second kappa shape index (κ2) is 1.22. The van der Waals surface area contributed by atoms with E-state index < -0.39 is 0 Å². The molecule has 38 valence electrons. The molecule has 0 spiro atoms. The summed E-state index contributed by atoms with van der Waals surface area (Å²) in [4.78, 5) is 0. The molecule has 1 aromatic heterocycles. The van der Waals surface area contributed by atoms with E-state index in [0.717, 1.165) is 0 Å². The zero-order chi connectivity index (χ0) is 5.28. The highest BCUT2D eigenvalue weighted by atomic mass is 16.3. The highest BCUT2D eigenvalue weighted by Gasteiger charge is 1.86. The Balaban J connectivity index is 3.04. The fourth-order valence-corrected chi connectivity index (χ4v) is 0.335. The fourth-order valence-electron chi connectivity index (χ4n) is 0.335. The standard InChI is InChI=1S/C3H5N3O/c1-6-2-3(7)4-5-6/h2,7H,1H3. The lowest BCUT2D eigenvalue weighted by atomic mass is 10.8. The van der Waals surface area contributed by atoms with Crippen LogP contribution in [-0.2, 0) is 7.05 Å². The van der Waals surface area contributed by atoms with E-state index in [2.05, 4.69) is 10.3 Å². The van der Waals surface area contributed by atoms with Crippen molar-refractivity contribution in [3.05, 3.63) is 6.20 Å². The first-order chi connectivity index (χ1) is 3.29. The van der Waals surface area contributed by atoms with E-state index in [9.17, 15) is 0 Å². The summed E-state index contributed by atoms with van der Waals surface area (Å²) in [5.74, 6) is -0.0394. The molecule has 1 heterocycles. The minimum Gasteiger partial charge on any atom is -0.491 e. The lowest BCUT2D eigenvalue weighted by molar-refractivity contribution is 0.452. The monoisotopic (exact) mass is 99.0 g/mol. The Morgan fingerprint density at radius 1 is 1.86 bits per heavy atom. The molecule has 0 saturated carbocycles. The second-order valence-electron chi connectivity index (χ2n) is 1.25. The number of hydrogen-bond acceptors (Lipinski definition) is 3. The van der Waals surface area contributed by atoms with Gasteiger partial charge in [0.2, 0.25) is 0 Å². The van der Waals surface area contributed by atoms with Gasteiger partial charge in [0.15, 0.2) is 0 Å². The summed E-state index contributed by atoms with van der Waals surface area (Å²) in [5, 5.41) is 15.2. The normalized spacial score (nSPS) is 9.29. The molecule has 1 N–H and O–H groups in total. The molecule has 0 saturated heterocycles. The number of nitrogens with zero attached hydrogens (tertiary/aromatic N) is 3. The maximum Gasteiger partial charge on any atom is 0.250 e. The molecule has 1 aromatic rings. The van der Waals surface area contributed by atoms with Crippen LogP contribution in [-0.4, -0.2) is 20.1 Å². The van der Waals surface area contributed by atoms with E-state index in [-0.39, 0.29) is 5.88 Å². The first-order valence-corrected chi connectivity index (χ1v) is 1.84. The summed E-state index contributed by atoms with van der Waals surface area (Å²) >= 11 is 0. The zero-order valence-corrected chi connectivity index (χ0v) is 3.87. The van der Waals surface area contributed by atoms with E-state index >= 15 is 0 Å². The maximum atomic E-state index is 8.46. The molecule has 0 aliphatic rings. The smallest absolute Gasteiger partial charge is 0.250 e. The molecule has 1 rings (SSSR count). The largest absolute Gasteiger partial charge is 0.491 e. The second-order valence-corrected chi connectivity index (χ2v) is 1.25. The molecule has 0 aliphatic heterocycles. The summed E-state index contributed by atoms with van der Waals surface area (Å²) in [6.07, 6.45) is 1.42. The van der Waals surface area contributed by atoms with Crippen molar-refractivity contribution in [2.75, 3.05) is 0 Å². The van der Waals surface area contributed by atoms with Crippen LogP contribution >= 0.6 is 0 Å². The van der Waals surface area contributed by atoms with Gasteiger partial charge in [-0.25, -0.2) is 0 Å². The van der Waals surface area contributed by atoms with Crippen molar-refractivity contribution < 1.29 is 5.11 Å². The van der Waals surface area contributed by atoms with E-state index in [1.807, 2.05) is 0 Å². The van der Waals surface area contributed by atoms with E-state index in [4.69, 9.17) is 5.11 Å². The number of aryl methyl sites for hydroxylation is 1. The number of rotatable bonds is 0. The van der Waals surface area contributed by atoms with Gasteiger partial charge >= 0.3 is 0 Å². The van der Waals surface area contributed by atoms with Gasteiger partial charge in [-0.15, -0.1) is 0 Å². The van der Waals surface area contributed by atoms with Crippen molar-refractivity contribution >= 4 is 0 Å². The Morgan fingerprint density at radius 2 is 2.57 bits per heavy atom. The molecule has 0 aromatic carbocycles. The number of hydrogen-bond donors (Lipinski definition) is 1. The third-order valence-electron chi connectivity index (χ3n) is 0.591. The van der Waals surface area contributed by atoms with E-state index in [0.29, 0.717) is 0 Å². The topological polar surface area (TPSA) is 50.9 Å². The van der Waals surface area contributed by atoms with Gasteiger partial charge in [-0.05, 0) is 0 Å². The van der Waals surface area contributed by atoms with Gasteiger partial charge in [-0.1, -0.05) is 10.3 Å². The molecule has 7 heavy (non-hydrogen) atoms. The van der Waals surface area contributed by atoms with Crippen LogP contribution in [0, 0.1) is 0 Å². The average Bonchev–Trinajstić information content (AvgIpc) is 1.87. The van der Waals surface area contributed by atoms with Crippen LogP contribution in [0.1, 0.15) is 0 Å². The molecular formula is C3H5N3O. The SMILES string of the molecule is Cn1cc(O)nn1. The first-order valence-electron chi connectivity index (χ1n) is 1.84. The van der Waals surface area contributed by atoms with E-state index in [1.165, 1.54) is 10.9 Å². The van der Waals surface area contributed by atoms with Crippen LogP contribution in [0.2, 0.25) is 0 Å². The Morgan fingerprint density at radius 3 is 2.71 bits per heavy atom. The first kappa shape index (κ1) is 4.11. The van der Waals surface area contributed by atoms with Crippen LogP contribution in [0.4, 0.5) is 0 Å². The Bertz CT molecular complexity index is 142. The van der Waals surface area contributed by atoms with Crippen molar-refractivity contribution in [1.82, 2.24) is 15.0 Å². The molecule has 0 aliphatic carbocycles. The summed E-state index contributed by atoms with van der Waals surface area (Å²) in [6.45, 7) is 0. The van der Waals surface area contributed by atoms with Crippen molar-refractivity contribution in [1.29, 1.82) is 0 Å². The van der Waals surface area contributed by atoms with Crippen LogP contribution in [0.5, 0.6) is 5.88 Å². The van der Waals surface area contributed by atoms with Crippen LogP contribution < -0.4 is 0 Å². The van der Waals surface area contributed by atoms with Crippen molar-refractivity contribution in [2.24, 2.45) is 7.05 Å². The lowest BCUT2D eigenvalue weighted by Crippen LogP contribution is -1.85. The predicted molar refractivity (Wildman–Crippen MR) is 22.7 cm³/mol. The summed E-state index contributed by atoms with van der Waals surface area (Å²) in [7, 11) is 1.69. The van der Waals surface area contributed by atoms with Crippen molar-refractivity contribution in [2.45, 2.75) is 0 Å². The molecule has 0 fully saturated rings. The quantitative estimate of drug-likeness (QED) is 0.478. The predicted octanol–water partition coefficient (Wildman–Crippen LogP) is -0.479. The van der Waals surface area contributed by atoms with Gasteiger partial charge in [0.25, 0.3) is 5.88 Å². The molecule has 4 heteroatoms. The lowest BCUT2D eigenvalue weighted by Gasteiger charge is -1.74. The van der Waals surface area contributed by atoms with Gasteiger partial charge in [0.1, 0.15) is 0 Å². The zero-order valence-electron chi connectivity index (χ0n) is 3.87. The molecule has 0 amide bonds. The Kier molecular flexibility index (Phi) is 0.714. The van der Waals surface area contributed by atoms with Crippen molar-refractivity contribution in [3.63, 3.8) is 0 Å². The van der Waals surface area contributed by atoms with Gasteiger partial charge in [-0.3, -0.25) is 4.68 Å². The minimum atomic E-state index is -0.0394. The van der Waals surface area contributed by atoms with Crippen LogP contribution in [0.3, 0.4) is 0 Å². The average molecular weight is 99.1 g/mol. The molecule has 0 radical (unpaired) electrons. The minimum absolute atomic E-state index is 0.0394. The summed E-state index contributed by atoms with van der Waals surface area (Å²) < 4.78 is 1.43. The number of aromatic hydroxyl groups is 1. The molecule has 0 bridgehead atoms. The molecule has 0 atom stereocenters. The highest BCUT2D eigenvalue weighted by Crippen LogP contribution is 1.94. The highest BCUT2D eigenvalue weighted by molar-refractivity contribution is 4.94. The third-order valence-corrected chi connectivity index (χ3v) is 0.591. The summed E-state index contributed by atoms with van der Waals surface area (Å²) in [5.41, 5.74) is 0. The molecule has 4 nitrogen and oxygen atoms in total. The van der Waals surface area contributed by atoms with Crippen molar-refractivity contribution in [3.8, 4) is 5.88 Å². The Labute approximate surface area is 40.4 Å². The van der Waals surface area contributed by atoms with Crippen LogP contribution in [0.15, 0.2) is 6.20 Å². The van der Waals surface area contributed by atoms with E-state index in [1.54, 1.807) is 7.05 Å². The molecule has 0 unspecified atom stereocenters. The molecular weight excluding hydrogens is 94.1 g/mol. The Hall–Kier alpha value is -1.06. The van der Waals surface area contributed by atoms with Gasteiger partial charge in [0, 0.05) is 7.05 Å².